The Hall–Kier alpha value is -1.93. The van der Waals surface area contributed by atoms with Crippen molar-refractivity contribution in [3.8, 4) is 0 Å². The summed E-state index contributed by atoms with van der Waals surface area (Å²) >= 11 is 0. The lowest BCUT2D eigenvalue weighted by molar-refractivity contribution is 0.510. The van der Waals surface area contributed by atoms with Gasteiger partial charge in [-0.05, 0) is 31.0 Å². The quantitative estimate of drug-likeness (QED) is 0.654. The first-order valence-electron chi connectivity index (χ1n) is 8.53. The van der Waals surface area contributed by atoms with Crippen LogP contribution in [0.1, 0.15) is 38.5 Å². The highest BCUT2D eigenvalue weighted by molar-refractivity contribution is 7.89. The van der Waals surface area contributed by atoms with Crippen LogP contribution in [-0.2, 0) is 24.1 Å². The SMILES string of the molecule is Cn1c(=O)c(=O)n(C)c2cc(S(=O)(=O)NC3CCCCCC3)ccc21. The molecule has 1 fully saturated rings. The van der Waals surface area contributed by atoms with Crippen molar-refractivity contribution in [2.45, 2.75) is 49.5 Å². The van der Waals surface area contributed by atoms with E-state index in [1.54, 1.807) is 6.07 Å². The molecule has 1 aliphatic rings. The maximum absolute atomic E-state index is 12.7. The molecule has 3 rings (SSSR count). The van der Waals surface area contributed by atoms with Gasteiger partial charge >= 0.3 is 11.1 Å². The second kappa shape index (κ2) is 6.76. The minimum absolute atomic E-state index is 0.0489. The lowest BCUT2D eigenvalue weighted by Gasteiger charge is -2.17. The van der Waals surface area contributed by atoms with Crippen molar-refractivity contribution < 1.29 is 8.42 Å². The number of nitrogens with one attached hydrogen (secondary N) is 1. The van der Waals surface area contributed by atoms with Gasteiger partial charge in [0, 0.05) is 20.1 Å². The van der Waals surface area contributed by atoms with E-state index in [4.69, 9.17) is 0 Å². The largest absolute Gasteiger partial charge is 0.316 e. The van der Waals surface area contributed by atoms with Crippen LogP contribution in [0.2, 0.25) is 0 Å². The van der Waals surface area contributed by atoms with Gasteiger partial charge in [0.1, 0.15) is 0 Å². The molecule has 1 heterocycles. The molecule has 0 aliphatic heterocycles. The van der Waals surface area contributed by atoms with E-state index in [0.29, 0.717) is 11.0 Å². The van der Waals surface area contributed by atoms with E-state index in [0.717, 1.165) is 38.5 Å². The van der Waals surface area contributed by atoms with Crippen LogP contribution in [0, 0.1) is 0 Å². The summed E-state index contributed by atoms with van der Waals surface area (Å²) in [6.07, 6.45) is 6.04. The molecule has 0 saturated heterocycles. The zero-order valence-electron chi connectivity index (χ0n) is 14.5. The molecule has 7 nitrogen and oxygen atoms in total. The van der Waals surface area contributed by atoms with Gasteiger partial charge < -0.3 is 9.13 Å². The van der Waals surface area contributed by atoms with Crippen molar-refractivity contribution in [3.05, 3.63) is 38.9 Å². The molecule has 1 N–H and O–H groups in total. The van der Waals surface area contributed by atoms with Crippen molar-refractivity contribution in [2.24, 2.45) is 14.1 Å². The Labute approximate surface area is 146 Å². The third-order valence-electron chi connectivity index (χ3n) is 4.95. The van der Waals surface area contributed by atoms with Gasteiger partial charge in [-0.3, -0.25) is 9.59 Å². The van der Waals surface area contributed by atoms with Crippen LogP contribution in [0.25, 0.3) is 11.0 Å². The van der Waals surface area contributed by atoms with E-state index in [2.05, 4.69) is 4.72 Å². The Balaban J connectivity index is 2.03. The molecule has 0 amide bonds. The van der Waals surface area contributed by atoms with E-state index >= 15 is 0 Å². The normalized spacial score (nSPS) is 16.9. The minimum atomic E-state index is -3.67. The molecule has 1 saturated carbocycles. The van der Waals surface area contributed by atoms with Crippen molar-refractivity contribution >= 4 is 21.1 Å². The predicted molar refractivity (Wildman–Crippen MR) is 96.2 cm³/mol. The third kappa shape index (κ3) is 3.41. The monoisotopic (exact) mass is 365 g/mol. The van der Waals surface area contributed by atoms with Crippen molar-refractivity contribution in [2.75, 3.05) is 0 Å². The Morgan fingerprint density at radius 3 is 2.08 bits per heavy atom. The lowest BCUT2D eigenvalue weighted by Crippen LogP contribution is -2.39. The molecule has 136 valence electrons. The molecular weight excluding hydrogens is 342 g/mol. The van der Waals surface area contributed by atoms with Gasteiger partial charge in [-0.1, -0.05) is 25.7 Å². The predicted octanol–water partition coefficient (Wildman–Crippen LogP) is 1.24. The highest BCUT2D eigenvalue weighted by Crippen LogP contribution is 2.21. The average molecular weight is 365 g/mol. The van der Waals surface area contributed by atoms with Crippen LogP contribution < -0.4 is 15.8 Å². The number of aromatic nitrogens is 2. The lowest BCUT2D eigenvalue weighted by atomic mass is 10.1. The fraction of sp³-hybridized carbons (Fsp3) is 0.529. The molecule has 0 spiro atoms. The van der Waals surface area contributed by atoms with Crippen LogP contribution in [-0.4, -0.2) is 23.6 Å². The number of benzene rings is 1. The first-order chi connectivity index (χ1) is 11.8. The van der Waals surface area contributed by atoms with Crippen molar-refractivity contribution in [3.63, 3.8) is 0 Å². The molecule has 0 radical (unpaired) electrons. The number of nitrogens with zero attached hydrogens (tertiary/aromatic N) is 2. The van der Waals surface area contributed by atoms with E-state index < -0.39 is 21.1 Å². The molecule has 1 aromatic heterocycles. The van der Waals surface area contributed by atoms with E-state index in [1.807, 2.05) is 0 Å². The van der Waals surface area contributed by atoms with Crippen LogP contribution in [0.4, 0.5) is 0 Å². The summed E-state index contributed by atoms with van der Waals surface area (Å²) in [5, 5.41) is 0. The van der Waals surface area contributed by atoms with Crippen LogP contribution in [0.3, 0.4) is 0 Å². The van der Waals surface area contributed by atoms with Crippen molar-refractivity contribution in [1.82, 2.24) is 13.9 Å². The van der Waals surface area contributed by atoms with Crippen LogP contribution >= 0.6 is 0 Å². The van der Waals surface area contributed by atoms with E-state index in [1.165, 1.54) is 35.4 Å². The van der Waals surface area contributed by atoms with Crippen LogP contribution in [0.5, 0.6) is 0 Å². The highest BCUT2D eigenvalue weighted by Gasteiger charge is 2.22. The van der Waals surface area contributed by atoms with Gasteiger partial charge in [-0.25, -0.2) is 13.1 Å². The first-order valence-corrected chi connectivity index (χ1v) is 10.0. The number of fused-ring (bicyclic) bond motifs is 1. The molecule has 1 aromatic carbocycles. The van der Waals surface area contributed by atoms with E-state index in [9.17, 15) is 18.0 Å². The number of hydrogen-bond acceptors (Lipinski definition) is 4. The fourth-order valence-electron chi connectivity index (χ4n) is 3.41. The van der Waals surface area contributed by atoms with Crippen LogP contribution in [0.15, 0.2) is 32.7 Å². The summed E-state index contributed by atoms with van der Waals surface area (Å²) in [5.41, 5.74) is -0.389. The summed E-state index contributed by atoms with van der Waals surface area (Å²) in [6, 6.07) is 4.45. The summed E-state index contributed by atoms with van der Waals surface area (Å²) in [5.74, 6) is 0. The summed E-state index contributed by atoms with van der Waals surface area (Å²) in [6.45, 7) is 0. The fourth-order valence-corrected chi connectivity index (χ4v) is 4.74. The second-order valence-electron chi connectivity index (χ2n) is 6.69. The summed E-state index contributed by atoms with van der Waals surface area (Å²) < 4.78 is 30.7. The van der Waals surface area contributed by atoms with Gasteiger partial charge in [-0.15, -0.1) is 0 Å². The molecule has 1 aliphatic carbocycles. The Morgan fingerprint density at radius 1 is 0.920 bits per heavy atom. The van der Waals surface area contributed by atoms with Crippen molar-refractivity contribution in [1.29, 1.82) is 0 Å². The molecule has 8 heteroatoms. The summed E-state index contributed by atoms with van der Waals surface area (Å²) in [4.78, 5) is 24.0. The topological polar surface area (TPSA) is 90.2 Å². The molecule has 0 unspecified atom stereocenters. The number of aryl methyl sites for hydroxylation is 2. The minimum Gasteiger partial charge on any atom is -0.305 e. The maximum Gasteiger partial charge on any atom is 0.316 e. The van der Waals surface area contributed by atoms with E-state index in [-0.39, 0.29) is 10.9 Å². The standard InChI is InChI=1S/C17H23N3O4S/c1-19-14-10-9-13(11-15(14)20(2)17(22)16(19)21)25(23,24)18-12-7-5-3-4-6-8-12/h9-12,18H,3-8H2,1-2H3. The van der Waals surface area contributed by atoms with Gasteiger partial charge in [0.15, 0.2) is 0 Å². The average Bonchev–Trinajstić information content (AvgIpc) is 2.85. The smallest absolute Gasteiger partial charge is 0.305 e. The summed E-state index contributed by atoms with van der Waals surface area (Å²) in [7, 11) is -0.696. The Kier molecular flexibility index (Phi) is 4.83. The second-order valence-corrected chi connectivity index (χ2v) is 8.40. The molecule has 0 atom stereocenters. The number of rotatable bonds is 3. The molecular formula is C17H23N3O4S. The number of hydrogen-bond donors (Lipinski definition) is 1. The zero-order valence-corrected chi connectivity index (χ0v) is 15.3. The third-order valence-corrected chi connectivity index (χ3v) is 6.47. The highest BCUT2D eigenvalue weighted by atomic mass is 32.2. The molecule has 0 bridgehead atoms. The maximum atomic E-state index is 12.7. The van der Waals surface area contributed by atoms with Gasteiger partial charge in [-0.2, -0.15) is 0 Å². The van der Waals surface area contributed by atoms with Gasteiger partial charge in [0.05, 0.1) is 15.9 Å². The Morgan fingerprint density at radius 2 is 1.48 bits per heavy atom. The van der Waals surface area contributed by atoms with Gasteiger partial charge in [0.2, 0.25) is 10.0 Å². The molecule has 25 heavy (non-hydrogen) atoms. The first kappa shape index (κ1) is 17.9. The Bertz CT molecular complexity index is 1010. The zero-order chi connectivity index (χ0) is 18.2. The molecule has 2 aromatic rings. The number of sulfonamides is 1. The van der Waals surface area contributed by atoms with Gasteiger partial charge in [0.25, 0.3) is 0 Å².